The molecule has 0 amide bonds. The van der Waals surface area contributed by atoms with E-state index in [4.69, 9.17) is 4.74 Å². The van der Waals surface area contributed by atoms with Crippen molar-refractivity contribution in [2.45, 2.75) is 19.8 Å². The number of rotatable bonds is 3. The number of benzene rings is 1. The van der Waals surface area contributed by atoms with Gasteiger partial charge in [0, 0.05) is 13.1 Å². The maximum Gasteiger partial charge on any atom is 0.310 e. The summed E-state index contributed by atoms with van der Waals surface area (Å²) in [5.41, 5.74) is 1.60. The van der Waals surface area contributed by atoms with Crippen molar-refractivity contribution in [2.75, 3.05) is 24.6 Å². The molecule has 110 valence electrons. The Labute approximate surface area is 123 Å². The van der Waals surface area contributed by atoms with E-state index >= 15 is 0 Å². The molecule has 1 unspecified atom stereocenters. The zero-order valence-corrected chi connectivity index (χ0v) is 12.0. The number of carbonyl (C=O) groups excluding carboxylic acids is 1. The van der Waals surface area contributed by atoms with E-state index < -0.39 is 0 Å². The number of aromatic nitrogens is 3. The normalized spacial score (nSPS) is 18.7. The van der Waals surface area contributed by atoms with Gasteiger partial charge in [0.2, 0.25) is 5.95 Å². The number of hydrogen-bond acceptors (Lipinski definition) is 6. The number of para-hydroxylation sites is 1. The highest BCUT2D eigenvalue weighted by atomic mass is 16.5. The third kappa shape index (κ3) is 2.94. The van der Waals surface area contributed by atoms with Crippen molar-refractivity contribution < 1.29 is 9.53 Å². The molecule has 3 rings (SSSR count). The fourth-order valence-electron chi connectivity index (χ4n) is 2.62. The first-order valence-electron chi connectivity index (χ1n) is 7.29. The zero-order chi connectivity index (χ0) is 14.7. The maximum absolute atomic E-state index is 11.9. The largest absolute Gasteiger partial charge is 0.466 e. The van der Waals surface area contributed by atoms with Gasteiger partial charge in [0.25, 0.3) is 0 Å². The summed E-state index contributed by atoms with van der Waals surface area (Å²) in [6.07, 6.45) is 1.79. The summed E-state index contributed by atoms with van der Waals surface area (Å²) in [6, 6.07) is 7.64. The van der Waals surface area contributed by atoms with E-state index in [-0.39, 0.29) is 11.9 Å². The van der Waals surface area contributed by atoms with E-state index in [1.807, 2.05) is 36.1 Å². The zero-order valence-electron chi connectivity index (χ0n) is 12.0. The Morgan fingerprint density at radius 2 is 2.14 bits per heavy atom. The molecular formula is C15H18N4O2. The predicted molar refractivity (Wildman–Crippen MR) is 78.9 cm³/mol. The average Bonchev–Trinajstić information content (AvgIpc) is 2.55. The summed E-state index contributed by atoms with van der Waals surface area (Å²) in [4.78, 5) is 18.4. The molecule has 6 heteroatoms. The van der Waals surface area contributed by atoms with Crippen LogP contribution >= 0.6 is 0 Å². The number of nitrogens with zero attached hydrogens (tertiary/aromatic N) is 4. The monoisotopic (exact) mass is 286 g/mol. The first kappa shape index (κ1) is 13.7. The standard InChI is InChI=1S/C15H18N4O2/c1-2-21-14(20)11-6-5-9-19(10-11)15-16-12-7-3-4-8-13(12)17-18-15/h3-4,7-8,11H,2,5-6,9-10H2,1H3. The fraction of sp³-hybridized carbons (Fsp3) is 0.467. The molecule has 1 aliphatic rings. The van der Waals surface area contributed by atoms with Crippen LogP contribution in [0.25, 0.3) is 11.0 Å². The van der Waals surface area contributed by atoms with Gasteiger partial charge in [-0.25, -0.2) is 4.98 Å². The van der Waals surface area contributed by atoms with E-state index in [0.29, 0.717) is 19.1 Å². The number of carbonyl (C=O) groups is 1. The van der Waals surface area contributed by atoms with Gasteiger partial charge in [0.05, 0.1) is 18.0 Å². The molecule has 1 fully saturated rings. The van der Waals surface area contributed by atoms with E-state index in [0.717, 1.165) is 30.4 Å². The molecule has 1 aromatic carbocycles. The van der Waals surface area contributed by atoms with E-state index in [2.05, 4.69) is 15.2 Å². The molecule has 1 atom stereocenters. The first-order chi connectivity index (χ1) is 10.3. The second-order valence-corrected chi connectivity index (χ2v) is 5.14. The lowest BCUT2D eigenvalue weighted by Crippen LogP contribution is -2.40. The van der Waals surface area contributed by atoms with Crippen LogP contribution in [0.15, 0.2) is 24.3 Å². The Bertz CT molecular complexity index is 646. The smallest absolute Gasteiger partial charge is 0.310 e. The van der Waals surface area contributed by atoms with Crippen molar-refractivity contribution in [1.29, 1.82) is 0 Å². The van der Waals surface area contributed by atoms with Crippen molar-refractivity contribution in [2.24, 2.45) is 5.92 Å². The van der Waals surface area contributed by atoms with Gasteiger partial charge in [-0.1, -0.05) is 12.1 Å². The van der Waals surface area contributed by atoms with Crippen molar-refractivity contribution in [3.8, 4) is 0 Å². The molecule has 0 aliphatic carbocycles. The summed E-state index contributed by atoms with van der Waals surface area (Å²) in [7, 11) is 0. The molecule has 0 radical (unpaired) electrons. The van der Waals surface area contributed by atoms with Crippen LogP contribution in [0.5, 0.6) is 0 Å². The SMILES string of the molecule is CCOC(=O)C1CCCN(c2nnc3ccccc3n2)C1. The summed E-state index contributed by atoms with van der Waals surface area (Å²) in [5.74, 6) is 0.354. The van der Waals surface area contributed by atoms with Crippen LogP contribution in [0.4, 0.5) is 5.95 Å². The quantitative estimate of drug-likeness (QED) is 0.801. The Kier molecular flexibility index (Phi) is 3.94. The van der Waals surface area contributed by atoms with Gasteiger partial charge in [0.1, 0.15) is 5.52 Å². The number of ether oxygens (including phenoxy) is 1. The molecule has 1 saturated heterocycles. The lowest BCUT2D eigenvalue weighted by atomic mass is 9.98. The summed E-state index contributed by atoms with van der Waals surface area (Å²) in [6.45, 7) is 3.69. The molecule has 2 heterocycles. The molecular weight excluding hydrogens is 268 g/mol. The number of hydrogen-bond donors (Lipinski definition) is 0. The van der Waals surface area contributed by atoms with E-state index in [1.54, 1.807) is 0 Å². The minimum atomic E-state index is -0.129. The number of fused-ring (bicyclic) bond motifs is 1. The van der Waals surface area contributed by atoms with Crippen molar-refractivity contribution in [3.05, 3.63) is 24.3 Å². The molecule has 0 N–H and O–H groups in total. The second kappa shape index (κ2) is 6.03. The maximum atomic E-state index is 11.9. The van der Waals surface area contributed by atoms with E-state index in [1.165, 1.54) is 0 Å². The molecule has 2 aromatic rings. The minimum absolute atomic E-state index is 0.103. The second-order valence-electron chi connectivity index (χ2n) is 5.14. The molecule has 1 aliphatic heterocycles. The summed E-state index contributed by atoms with van der Waals surface area (Å²) in [5, 5.41) is 8.38. The third-order valence-electron chi connectivity index (χ3n) is 3.67. The Balaban J connectivity index is 1.79. The van der Waals surface area contributed by atoms with Gasteiger partial charge in [0.15, 0.2) is 0 Å². The summed E-state index contributed by atoms with van der Waals surface area (Å²) >= 11 is 0. The Morgan fingerprint density at radius 1 is 1.33 bits per heavy atom. The van der Waals surface area contributed by atoms with Gasteiger partial charge >= 0.3 is 5.97 Å². The van der Waals surface area contributed by atoms with Crippen LogP contribution in [-0.4, -0.2) is 40.8 Å². The van der Waals surface area contributed by atoms with Crippen molar-refractivity contribution in [3.63, 3.8) is 0 Å². The van der Waals surface area contributed by atoms with Crippen LogP contribution < -0.4 is 4.90 Å². The van der Waals surface area contributed by atoms with Gasteiger partial charge in [-0.3, -0.25) is 4.79 Å². The average molecular weight is 286 g/mol. The molecule has 0 saturated carbocycles. The van der Waals surface area contributed by atoms with Gasteiger partial charge in [-0.2, -0.15) is 0 Å². The number of anilines is 1. The molecule has 21 heavy (non-hydrogen) atoms. The lowest BCUT2D eigenvalue weighted by molar-refractivity contribution is -0.148. The highest BCUT2D eigenvalue weighted by Crippen LogP contribution is 2.22. The Hall–Kier alpha value is -2.24. The van der Waals surface area contributed by atoms with Gasteiger partial charge < -0.3 is 9.64 Å². The summed E-state index contributed by atoms with van der Waals surface area (Å²) < 4.78 is 5.11. The van der Waals surface area contributed by atoms with Crippen LogP contribution in [0, 0.1) is 5.92 Å². The lowest BCUT2D eigenvalue weighted by Gasteiger charge is -2.31. The highest BCUT2D eigenvalue weighted by Gasteiger charge is 2.28. The number of esters is 1. The highest BCUT2D eigenvalue weighted by molar-refractivity contribution is 5.75. The molecule has 6 nitrogen and oxygen atoms in total. The van der Waals surface area contributed by atoms with Crippen LogP contribution in [0.1, 0.15) is 19.8 Å². The van der Waals surface area contributed by atoms with Crippen LogP contribution in [0.2, 0.25) is 0 Å². The van der Waals surface area contributed by atoms with Crippen molar-refractivity contribution >= 4 is 23.0 Å². The predicted octanol–water partition coefficient (Wildman–Crippen LogP) is 1.80. The van der Waals surface area contributed by atoms with Gasteiger partial charge in [-0.05, 0) is 31.9 Å². The van der Waals surface area contributed by atoms with Crippen LogP contribution in [0.3, 0.4) is 0 Å². The molecule has 0 bridgehead atoms. The van der Waals surface area contributed by atoms with Crippen molar-refractivity contribution in [1.82, 2.24) is 15.2 Å². The van der Waals surface area contributed by atoms with Crippen LogP contribution in [-0.2, 0) is 9.53 Å². The Morgan fingerprint density at radius 3 is 2.95 bits per heavy atom. The molecule has 1 aromatic heterocycles. The minimum Gasteiger partial charge on any atom is -0.466 e. The first-order valence-corrected chi connectivity index (χ1v) is 7.29. The molecule has 0 spiro atoms. The number of piperidine rings is 1. The third-order valence-corrected chi connectivity index (χ3v) is 3.67. The fourth-order valence-corrected chi connectivity index (χ4v) is 2.62. The van der Waals surface area contributed by atoms with E-state index in [9.17, 15) is 4.79 Å². The topological polar surface area (TPSA) is 68.2 Å². The van der Waals surface area contributed by atoms with Gasteiger partial charge in [-0.15, -0.1) is 10.2 Å².